The van der Waals surface area contributed by atoms with Crippen LogP contribution in [0.1, 0.15) is 0 Å². The van der Waals surface area contributed by atoms with Crippen LogP contribution >= 0.6 is 0 Å². The Morgan fingerprint density at radius 3 is 0.667 bits per heavy atom. The Bertz CT molecular complexity index is 1380. The van der Waals surface area contributed by atoms with Gasteiger partial charge in [0.25, 0.3) is 0 Å². The molecule has 0 aromatic rings. The van der Waals surface area contributed by atoms with E-state index in [1.807, 2.05) is 0 Å². The number of terminal acetylenes is 1. The Kier molecular flexibility index (Phi) is 15.8. The molecule has 0 saturated carbocycles. The van der Waals surface area contributed by atoms with E-state index in [1.165, 1.54) is 0 Å². The van der Waals surface area contributed by atoms with Crippen LogP contribution in [0, 0.1) is 161 Å². The molecule has 0 aromatic heterocycles. The first-order valence-electron chi connectivity index (χ1n) is 6.64. The summed E-state index contributed by atoms with van der Waals surface area (Å²) in [6.45, 7) is 3.30. The van der Waals surface area contributed by atoms with Gasteiger partial charge in [0.2, 0.25) is 0 Å². The quantitative estimate of drug-likeness (QED) is 0.449. The molecular formula is C27H3-. The van der Waals surface area contributed by atoms with E-state index in [1.54, 1.807) is 0 Å². The van der Waals surface area contributed by atoms with E-state index in [9.17, 15) is 0 Å². The molecule has 0 saturated heterocycles. The van der Waals surface area contributed by atoms with E-state index < -0.39 is 0 Å². The van der Waals surface area contributed by atoms with Gasteiger partial charge < -0.3 is 0 Å². The molecule has 0 heteroatoms. The lowest BCUT2D eigenvalue weighted by atomic mass is 10.4. The van der Waals surface area contributed by atoms with Gasteiger partial charge in [-0.3, -0.25) is 5.92 Å². The maximum Gasteiger partial charge on any atom is 0 e. The summed E-state index contributed by atoms with van der Waals surface area (Å²) in [5, 5.41) is 0. The summed E-state index contributed by atoms with van der Waals surface area (Å²) in [5.74, 6) is 61.3. The highest BCUT2D eigenvalue weighted by molar-refractivity contribution is 5.48. The van der Waals surface area contributed by atoms with Gasteiger partial charge >= 0.3 is 0 Å². The molecule has 0 unspecified atom stereocenters. The van der Waals surface area contributed by atoms with Crippen LogP contribution in [0.5, 0.6) is 0 Å². The molecule has 0 spiro atoms. The minimum atomic E-state index is 2.12. The lowest BCUT2D eigenvalue weighted by molar-refractivity contribution is 2.31. The highest BCUT2D eigenvalue weighted by Gasteiger charge is 1.58. The average molecular weight is 327 g/mol. The summed E-state index contributed by atoms with van der Waals surface area (Å²) in [5.41, 5.74) is 0. The normalized spacial score (nSPS) is 3.81. The van der Waals surface area contributed by atoms with Crippen molar-refractivity contribution in [1.29, 1.82) is 0 Å². The van der Waals surface area contributed by atoms with Crippen molar-refractivity contribution < 1.29 is 0 Å². The molecule has 0 N–H and O–H groups in total. The van der Waals surface area contributed by atoms with Crippen LogP contribution in [-0.2, 0) is 0 Å². The van der Waals surface area contributed by atoms with Gasteiger partial charge in [-0.2, -0.15) is 6.92 Å². The van der Waals surface area contributed by atoms with Crippen molar-refractivity contribution in [2.24, 2.45) is 0 Å². The monoisotopic (exact) mass is 327 g/mol. The Balaban J connectivity index is 4.43. The molecule has 0 aliphatic heterocycles. The largest absolute Gasteiger partial charge is 0.284 e. The number of rotatable bonds is 0. The van der Waals surface area contributed by atoms with Gasteiger partial charge in [-0.1, -0.05) is 0 Å². The Labute approximate surface area is 161 Å². The van der Waals surface area contributed by atoms with Gasteiger partial charge in [-0.05, 0) is 94.7 Å². The Hall–Kier alpha value is -5.85. The first kappa shape index (κ1) is 21.1. The van der Waals surface area contributed by atoms with Crippen molar-refractivity contribution in [1.82, 2.24) is 0 Å². The second kappa shape index (κ2) is 20.1. The Morgan fingerprint density at radius 2 is 0.481 bits per heavy atom. The van der Waals surface area contributed by atoms with Crippen LogP contribution in [-0.4, -0.2) is 0 Å². The zero-order valence-electron chi connectivity index (χ0n) is 13.8. The van der Waals surface area contributed by atoms with Crippen LogP contribution < -0.4 is 0 Å². The fourth-order valence-electron chi connectivity index (χ4n) is 0.737. The van der Waals surface area contributed by atoms with Gasteiger partial charge in [0.15, 0.2) is 0 Å². The molecular weight excluding hydrogens is 324 g/mol. The molecule has 0 fully saturated rings. The Morgan fingerprint density at radius 1 is 0.296 bits per heavy atom. The van der Waals surface area contributed by atoms with Crippen molar-refractivity contribution in [3.05, 3.63) is 6.92 Å². The first-order chi connectivity index (χ1) is 13.4. The van der Waals surface area contributed by atoms with Gasteiger partial charge in [-0.25, -0.2) is 5.92 Å². The molecule has 0 heterocycles. The molecule has 0 nitrogen and oxygen atoms in total. The predicted molar refractivity (Wildman–Crippen MR) is 108 cm³/mol. The second-order valence-corrected chi connectivity index (χ2v) is 3.20. The van der Waals surface area contributed by atoms with E-state index in [4.69, 9.17) is 6.42 Å². The molecule has 0 aromatic carbocycles. The minimum Gasteiger partial charge on any atom is -0.284 e. The van der Waals surface area contributed by atoms with Gasteiger partial charge in [-0.15, -0.1) is 12.3 Å². The first-order valence-corrected chi connectivity index (χ1v) is 6.64. The summed E-state index contributed by atoms with van der Waals surface area (Å²) >= 11 is 0. The molecule has 0 bridgehead atoms. The van der Waals surface area contributed by atoms with Crippen LogP contribution in [0.15, 0.2) is 0 Å². The van der Waals surface area contributed by atoms with Crippen molar-refractivity contribution >= 4 is 0 Å². The van der Waals surface area contributed by atoms with Crippen molar-refractivity contribution in [3.63, 3.8) is 0 Å². The lowest BCUT2D eigenvalue weighted by Gasteiger charge is -1.64. The van der Waals surface area contributed by atoms with E-state index >= 15 is 0 Å². The van der Waals surface area contributed by atoms with E-state index in [-0.39, 0.29) is 0 Å². The third-order valence-electron chi connectivity index (χ3n) is 1.54. The maximum absolute atomic E-state index is 4.91. The molecule has 0 aliphatic carbocycles. The molecule has 0 atom stereocenters. The van der Waals surface area contributed by atoms with Crippen molar-refractivity contribution in [2.75, 3.05) is 0 Å². The average Bonchev–Trinajstić information content (AvgIpc) is 2.68. The summed E-state index contributed by atoms with van der Waals surface area (Å²) in [6, 6.07) is 0. The summed E-state index contributed by atoms with van der Waals surface area (Å²) < 4.78 is 0. The highest BCUT2D eigenvalue weighted by atomic mass is 13.6. The van der Waals surface area contributed by atoms with Crippen LogP contribution in [0.2, 0.25) is 0 Å². The third-order valence-corrected chi connectivity index (χ3v) is 1.54. The van der Waals surface area contributed by atoms with Crippen LogP contribution in [0.3, 0.4) is 0 Å². The van der Waals surface area contributed by atoms with Gasteiger partial charge in [0.1, 0.15) is 0 Å². The minimum absolute atomic E-state index is 2.12. The van der Waals surface area contributed by atoms with Crippen LogP contribution in [0.4, 0.5) is 0 Å². The molecule has 27 heavy (non-hydrogen) atoms. The van der Waals surface area contributed by atoms with Crippen molar-refractivity contribution in [3.8, 4) is 154 Å². The van der Waals surface area contributed by atoms with Crippen molar-refractivity contribution in [2.45, 2.75) is 0 Å². The van der Waals surface area contributed by atoms with Gasteiger partial charge in [0, 0.05) is 35.5 Å². The highest BCUT2D eigenvalue weighted by Crippen LogP contribution is 1.59. The molecule has 112 valence electrons. The fourth-order valence-corrected chi connectivity index (χ4v) is 0.737. The third kappa shape index (κ3) is 20.1. The smallest absolute Gasteiger partial charge is 0 e. The van der Waals surface area contributed by atoms with Gasteiger partial charge in [0.05, 0.1) is 0 Å². The zero-order chi connectivity index (χ0) is 19.7. The summed E-state index contributed by atoms with van der Waals surface area (Å²) in [6.07, 6.45) is 4.91. The number of hydrogen-bond donors (Lipinski definition) is 0. The van der Waals surface area contributed by atoms with E-state index in [2.05, 4.69) is 155 Å². The standard InChI is InChI=1S/C27H3/c1-3-5-7-9-11-13-15-17-19-21-23-25-27-26-24-22-20-18-16-14-12-10-8-6-4-2/h1H,2H2/q-1. The van der Waals surface area contributed by atoms with E-state index in [0.717, 1.165) is 0 Å². The second-order valence-electron chi connectivity index (χ2n) is 3.20. The topological polar surface area (TPSA) is 0 Å². The molecule has 0 amide bonds. The molecule has 0 radical (unpaired) electrons. The van der Waals surface area contributed by atoms with E-state index in [0.29, 0.717) is 0 Å². The maximum atomic E-state index is 4.91. The zero-order valence-corrected chi connectivity index (χ0v) is 13.8. The molecule has 0 aliphatic rings. The summed E-state index contributed by atoms with van der Waals surface area (Å²) in [7, 11) is 0. The fraction of sp³-hybridized carbons (Fsp3) is 0. The van der Waals surface area contributed by atoms with Crippen LogP contribution in [0.25, 0.3) is 0 Å². The summed E-state index contributed by atoms with van der Waals surface area (Å²) in [4.78, 5) is 0. The SMILES string of the molecule is C#CC#CC#CC#CC#CC#CC#CC#CC#CC#CC#CC#CC#C[CH2-]. The lowest BCUT2D eigenvalue weighted by Crippen LogP contribution is -1.57. The molecule has 0 rings (SSSR count). The number of hydrogen-bond acceptors (Lipinski definition) is 0. The predicted octanol–water partition coefficient (Wildman–Crippen LogP) is 0.494.